The fourth-order valence-corrected chi connectivity index (χ4v) is 2.92. The van der Waals surface area contributed by atoms with Gasteiger partial charge in [-0.25, -0.2) is 4.98 Å². The fourth-order valence-electron chi connectivity index (χ4n) is 2.17. The number of nitrogens with one attached hydrogen (secondary N) is 1. The predicted octanol–water partition coefficient (Wildman–Crippen LogP) is 2.65. The minimum atomic E-state index is -0.0954. The first-order valence-corrected chi connectivity index (χ1v) is 8.52. The Hall–Kier alpha value is -1.79. The molecular formula is C17H24N4OS. The Kier molecular flexibility index (Phi) is 6.24. The summed E-state index contributed by atoms with van der Waals surface area (Å²) in [6.07, 6.45) is 7.52. The van der Waals surface area contributed by atoms with Gasteiger partial charge >= 0.3 is 0 Å². The van der Waals surface area contributed by atoms with E-state index in [2.05, 4.69) is 33.4 Å². The van der Waals surface area contributed by atoms with Gasteiger partial charge in [-0.15, -0.1) is 0 Å². The number of aromatic nitrogens is 2. The number of anilines is 1. The van der Waals surface area contributed by atoms with E-state index in [0.29, 0.717) is 10.8 Å². The zero-order chi connectivity index (χ0) is 16.8. The average molecular weight is 332 g/mol. The molecule has 0 aromatic carbocycles. The third-order valence-corrected chi connectivity index (χ3v) is 4.72. The van der Waals surface area contributed by atoms with Gasteiger partial charge in [-0.2, -0.15) is 0 Å². The van der Waals surface area contributed by atoms with Crippen LogP contribution < -0.4 is 10.5 Å². The molecule has 2 heterocycles. The van der Waals surface area contributed by atoms with Crippen molar-refractivity contribution in [2.45, 2.75) is 18.7 Å². The van der Waals surface area contributed by atoms with Gasteiger partial charge < -0.3 is 9.80 Å². The summed E-state index contributed by atoms with van der Waals surface area (Å²) in [6, 6.07) is 0. The van der Waals surface area contributed by atoms with E-state index in [-0.39, 0.29) is 5.56 Å². The lowest BCUT2D eigenvalue weighted by Gasteiger charge is -2.32. The lowest BCUT2D eigenvalue weighted by molar-refractivity contribution is 0.311. The van der Waals surface area contributed by atoms with Crippen molar-refractivity contribution < 1.29 is 0 Å². The van der Waals surface area contributed by atoms with Crippen LogP contribution in [-0.2, 0) is 0 Å². The Balaban J connectivity index is 2.10. The van der Waals surface area contributed by atoms with Gasteiger partial charge in [0.2, 0.25) is 5.95 Å². The topological polar surface area (TPSA) is 52.2 Å². The second-order valence-electron chi connectivity index (χ2n) is 5.66. The maximum Gasteiger partial charge on any atom is 0.266 e. The summed E-state index contributed by atoms with van der Waals surface area (Å²) in [5.74, 6) is 0.659. The number of aromatic amines is 1. The van der Waals surface area contributed by atoms with Crippen LogP contribution in [0.15, 0.2) is 51.2 Å². The number of allylic oxidation sites excluding steroid dienone is 4. The fraction of sp³-hybridized carbons (Fsp3) is 0.412. The molecule has 0 amide bonds. The molecule has 1 N–H and O–H groups in total. The Morgan fingerprint density at radius 3 is 2.61 bits per heavy atom. The van der Waals surface area contributed by atoms with Gasteiger partial charge in [0.25, 0.3) is 5.56 Å². The number of hydrogen-bond donors (Lipinski definition) is 1. The van der Waals surface area contributed by atoms with E-state index in [4.69, 9.17) is 0 Å². The highest BCUT2D eigenvalue weighted by atomic mass is 32.2. The Morgan fingerprint density at radius 1 is 1.35 bits per heavy atom. The number of thioether (sulfide) groups is 1. The smallest absolute Gasteiger partial charge is 0.266 e. The molecule has 0 bridgehead atoms. The number of rotatable bonds is 5. The van der Waals surface area contributed by atoms with Crippen LogP contribution in [0.25, 0.3) is 0 Å². The molecule has 6 heteroatoms. The minimum Gasteiger partial charge on any atom is -0.340 e. The van der Waals surface area contributed by atoms with Crippen molar-refractivity contribution in [1.82, 2.24) is 14.9 Å². The van der Waals surface area contributed by atoms with Crippen LogP contribution in [0.4, 0.5) is 5.95 Å². The highest BCUT2D eigenvalue weighted by Crippen LogP contribution is 2.25. The third kappa shape index (κ3) is 5.11. The normalized spacial score (nSPS) is 17.0. The highest BCUT2D eigenvalue weighted by Gasteiger charge is 2.16. The molecule has 1 saturated heterocycles. The highest BCUT2D eigenvalue weighted by molar-refractivity contribution is 8.03. The SMILES string of the molecule is C=C(C)/C=C\C(=CC)Sc1cnc(N2CCN(C)CC2)[nH]c1=O. The average Bonchev–Trinajstić information content (AvgIpc) is 2.53. The van der Waals surface area contributed by atoms with E-state index >= 15 is 0 Å². The van der Waals surface area contributed by atoms with Crippen LogP contribution in [0.1, 0.15) is 13.8 Å². The largest absolute Gasteiger partial charge is 0.340 e. The monoisotopic (exact) mass is 332 g/mol. The molecule has 23 heavy (non-hydrogen) atoms. The molecule has 0 saturated carbocycles. The maximum absolute atomic E-state index is 12.3. The van der Waals surface area contributed by atoms with Crippen molar-refractivity contribution in [2.24, 2.45) is 0 Å². The standard InChI is InChI=1S/C17H24N4OS/c1-5-14(7-6-13(2)3)23-15-12-18-17(19-16(15)22)21-10-8-20(4)9-11-21/h5-7,12H,2,8-11H2,1,3-4H3,(H,18,19,22)/b7-6-,14-5?. The molecule has 0 spiro atoms. The molecule has 1 aromatic heterocycles. The quantitative estimate of drug-likeness (QED) is 0.663. The third-order valence-electron chi connectivity index (χ3n) is 3.60. The number of hydrogen-bond acceptors (Lipinski definition) is 5. The minimum absolute atomic E-state index is 0.0954. The van der Waals surface area contributed by atoms with E-state index in [1.54, 1.807) is 6.20 Å². The number of likely N-dealkylation sites (N-methyl/N-ethyl adjacent to an activating group) is 1. The summed E-state index contributed by atoms with van der Waals surface area (Å²) in [6.45, 7) is 11.5. The number of H-pyrrole nitrogens is 1. The van der Waals surface area contributed by atoms with Crippen LogP contribution >= 0.6 is 11.8 Å². The van der Waals surface area contributed by atoms with Gasteiger partial charge in [0.05, 0.1) is 11.1 Å². The Labute approximate surface area is 141 Å². The molecule has 0 radical (unpaired) electrons. The van der Waals surface area contributed by atoms with Crippen LogP contribution in [0.2, 0.25) is 0 Å². The summed E-state index contributed by atoms with van der Waals surface area (Å²) < 4.78 is 0. The predicted molar refractivity (Wildman–Crippen MR) is 98.1 cm³/mol. The summed E-state index contributed by atoms with van der Waals surface area (Å²) >= 11 is 1.41. The van der Waals surface area contributed by atoms with E-state index in [0.717, 1.165) is 36.7 Å². The number of piperazine rings is 1. The molecule has 2 rings (SSSR count). The number of nitrogens with zero attached hydrogens (tertiary/aromatic N) is 3. The van der Waals surface area contributed by atoms with E-state index in [9.17, 15) is 4.79 Å². The van der Waals surface area contributed by atoms with Crippen molar-refractivity contribution in [3.05, 3.63) is 51.8 Å². The van der Waals surface area contributed by atoms with Crippen LogP contribution in [0.5, 0.6) is 0 Å². The van der Waals surface area contributed by atoms with Crippen LogP contribution in [-0.4, -0.2) is 48.1 Å². The maximum atomic E-state index is 12.3. The van der Waals surface area contributed by atoms with Gasteiger partial charge in [-0.1, -0.05) is 36.1 Å². The first-order valence-electron chi connectivity index (χ1n) is 7.70. The molecule has 1 fully saturated rings. The molecule has 0 atom stereocenters. The van der Waals surface area contributed by atoms with Crippen molar-refractivity contribution in [3.8, 4) is 0 Å². The van der Waals surface area contributed by atoms with E-state index in [1.807, 2.05) is 32.1 Å². The Bertz CT molecular complexity index is 669. The van der Waals surface area contributed by atoms with Gasteiger partial charge in [0, 0.05) is 31.1 Å². The Morgan fingerprint density at radius 2 is 2.04 bits per heavy atom. The lowest BCUT2D eigenvalue weighted by atomic mass is 10.3. The van der Waals surface area contributed by atoms with E-state index in [1.165, 1.54) is 11.8 Å². The summed E-state index contributed by atoms with van der Waals surface area (Å²) in [5, 5.41) is 0. The molecule has 1 aliphatic rings. The molecular weight excluding hydrogens is 308 g/mol. The first-order chi connectivity index (χ1) is 11.0. The van der Waals surface area contributed by atoms with E-state index < -0.39 is 0 Å². The molecule has 1 aromatic rings. The molecule has 124 valence electrons. The molecule has 0 unspecified atom stereocenters. The van der Waals surface area contributed by atoms with Gasteiger partial charge in [0.1, 0.15) is 0 Å². The summed E-state index contributed by atoms with van der Waals surface area (Å²) in [5.41, 5.74) is 0.879. The van der Waals surface area contributed by atoms with Gasteiger partial charge in [-0.3, -0.25) is 9.78 Å². The second-order valence-corrected chi connectivity index (χ2v) is 6.78. The van der Waals surface area contributed by atoms with Crippen molar-refractivity contribution in [1.29, 1.82) is 0 Å². The van der Waals surface area contributed by atoms with Crippen molar-refractivity contribution in [2.75, 3.05) is 38.1 Å². The lowest BCUT2D eigenvalue weighted by Crippen LogP contribution is -2.45. The molecule has 1 aliphatic heterocycles. The van der Waals surface area contributed by atoms with Crippen molar-refractivity contribution >= 4 is 17.7 Å². The zero-order valence-corrected chi connectivity index (χ0v) is 14.8. The summed E-state index contributed by atoms with van der Waals surface area (Å²) in [7, 11) is 2.10. The summed E-state index contributed by atoms with van der Waals surface area (Å²) in [4.78, 5) is 25.6. The van der Waals surface area contributed by atoms with Crippen LogP contribution in [0.3, 0.4) is 0 Å². The van der Waals surface area contributed by atoms with Gasteiger partial charge in [0.15, 0.2) is 0 Å². The zero-order valence-electron chi connectivity index (χ0n) is 14.0. The molecule has 0 aliphatic carbocycles. The van der Waals surface area contributed by atoms with Crippen molar-refractivity contribution in [3.63, 3.8) is 0 Å². The first kappa shape index (κ1) is 17.6. The molecule has 5 nitrogen and oxygen atoms in total. The van der Waals surface area contributed by atoms with Gasteiger partial charge in [-0.05, 0) is 27.0 Å². The second kappa shape index (κ2) is 8.17. The van der Waals surface area contributed by atoms with Crippen LogP contribution in [0, 0.1) is 0 Å².